The lowest BCUT2D eigenvalue weighted by atomic mass is 10.1. The van der Waals surface area contributed by atoms with Crippen molar-refractivity contribution >= 4 is 5.69 Å². The quantitative estimate of drug-likeness (QED) is 0.707. The van der Waals surface area contributed by atoms with Crippen LogP contribution < -0.4 is 11.3 Å². The van der Waals surface area contributed by atoms with Crippen LogP contribution in [0.15, 0.2) is 59.4 Å². The SMILES string of the molecule is Cc1cccc(-c2nc(-c3ccc(N)cc3)cc(=O)[nH]2)c1. The number of aryl methyl sites for hydroxylation is 1. The number of H-pyrrole nitrogens is 1. The van der Waals surface area contributed by atoms with Crippen molar-refractivity contribution in [3.63, 3.8) is 0 Å². The standard InChI is InChI=1S/C17H15N3O/c1-11-3-2-4-13(9-11)17-19-15(10-16(21)20-17)12-5-7-14(18)8-6-12/h2-10H,18H2,1H3,(H,19,20,21). The molecule has 104 valence electrons. The molecule has 0 unspecified atom stereocenters. The summed E-state index contributed by atoms with van der Waals surface area (Å²) in [5, 5.41) is 0. The molecule has 0 atom stereocenters. The molecule has 2 aromatic carbocycles. The molecule has 21 heavy (non-hydrogen) atoms. The summed E-state index contributed by atoms with van der Waals surface area (Å²) < 4.78 is 0. The third kappa shape index (κ3) is 2.84. The van der Waals surface area contributed by atoms with Gasteiger partial charge in [-0.2, -0.15) is 0 Å². The van der Waals surface area contributed by atoms with Crippen LogP contribution in [0.4, 0.5) is 5.69 Å². The van der Waals surface area contributed by atoms with Crippen LogP contribution in [0.25, 0.3) is 22.6 Å². The number of nitrogens with zero attached hydrogens (tertiary/aromatic N) is 1. The third-order valence-corrected chi connectivity index (χ3v) is 3.24. The van der Waals surface area contributed by atoms with Crippen LogP contribution in [0.3, 0.4) is 0 Å². The van der Waals surface area contributed by atoms with Gasteiger partial charge in [0.25, 0.3) is 5.56 Å². The van der Waals surface area contributed by atoms with Crippen molar-refractivity contribution in [1.82, 2.24) is 9.97 Å². The molecule has 1 aromatic heterocycles. The van der Waals surface area contributed by atoms with Crippen molar-refractivity contribution in [2.75, 3.05) is 5.73 Å². The lowest BCUT2D eigenvalue weighted by Crippen LogP contribution is -2.08. The molecule has 0 aliphatic heterocycles. The predicted octanol–water partition coefficient (Wildman–Crippen LogP) is 2.99. The van der Waals surface area contributed by atoms with E-state index in [9.17, 15) is 4.79 Å². The molecule has 0 amide bonds. The second-order valence-corrected chi connectivity index (χ2v) is 4.97. The summed E-state index contributed by atoms with van der Waals surface area (Å²) >= 11 is 0. The summed E-state index contributed by atoms with van der Waals surface area (Å²) in [6, 6.07) is 16.7. The Labute approximate surface area is 122 Å². The fraction of sp³-hybridized carbons (Fsp3) is 0.0588. The normalized spacial score (nSPS) is 10.5. The molecule has 0 saturated carbocycles. The largest absolute Gasteiger partial charge is 0.399 e. The fourth-order valence-corrected chi connectivity index (χ4v) is 2.19. The van der Waals surface area contributed by atoms with Crippen molar-refractivity contribution in [3.8, 4) is 22.6 Å². The van der Waals surface area contributed by atoms with Gasteiger partial charge in [0.2, 0.25) is 0 Å². The Kier molecular flexibility index (Phi) is 3.28. The molecule has 0 aliphatic rings. The summed E-state index contributed by atoms with van der Waals surface area (Å²) in [7, 11) is 0. The first-order valence-corrected chi connectivity index (χ1v) is 6.66. The monoisotopic (exact) mass is 277 g/mol. The average Bonchev–Trinajstić information content (AvgIpc) is 2.47. The van der Waals surface area contributed by atoms with E-state index in [4.69, 9.17) is 5.73 Å². The maximum atomic E-state index is 11.9. The third-order valence-electron chi connectivity index (χ3n) is 3.24. The van der Waals surface area contributed by atoms with E-state index in [0.29, 0.717) is 17.2 Å². The summed E-state index contributed by atoms with van der Waals surface area (Å²) in [4.78, 5) is 19.2. The number of anilines is 1. The highest BCUT2D eigenvalue weighted by Crippen LogP contribution is 2.21. The van der Waals surface area contributed by atoms with Crippen LogP contribution in [0.1, 0.15) is 5.56 Å². The molecule has 0 aliphatic carbocycles. The van der Waals surface area contributed by atoms with Gasteiger partial charge in [-0.05, 0) is 25.1 Å². The lowest BCUT2D eigenvalue weighted by Gasteiger charge is -2.06. The first-order valence-electron chi connectivity index (χ1n) is 6.66. The van der Waals surface area contributed by atoms with Gasteiger partial charge < -0.3 is 10.7 Å². The zero-order valence-corrected chi connectivity index (χ0v) is 11.6. The van der Waals surface area contributed by atoms with Gasteiger partial charge in [0.1, 0.15) is 5.82 Å². The second-order valence-electron chi connectivity index (χ2n) is 4.97. The maximum absolute atomic E-state index is 11.9. The van der Waals surface area contributed by atoms with Crippen LogP contribution in [0, 0.1) is 6.92 Å². The smallest absolute Gasteiger partial charge is 0.251 e. The van der Waals surface area contributed by atoms with E-state index >= 15 is 0 Å². The number of aromatic amines is 1. The van der Waals surface area contributed by atoms with E-state index < -0.39 is 0 Å². The van der Waals surface area contributed by atoms with Crippen LogP contribution >= 0.6 is 0 Å². The Hall–Kier alpha value is -2.88. The van der Waals surface area contributed by atoms with E-state index in [1.807, 2.05) is 43.3 Å². The van der Waals surface area contributed by atoms with Gasteiger partial charge in [0, 0.05) is 22.9 Å². The van der Waals surface area contributed by atoms with Crippen molar-refractivity contribution in [1.29, 1.82) is 0 Å². The van der Waals surface area contributed by atoms with Crippen molar-refractivity contribution in [3.05, 3.63) is 70.5 Å². The second kappa shape index (κ2) is 5.25. The first kappa shape index (κ1) is 13.1. The molecule has 0 fully saturated rings. The van der Waals surface area contributed by atoms with E-state index in [1.54, 1.807) is 12.1 Å². The molecule has 3 rings (SSSR count). The topological polar surface area (TPSA) is 71.8 Å². The molecule has 0 radical (unpaired) electrons. The molecule has 1 heterocycles. The minimum absolute atomic E-state index is 0.173. The molecular formula is C17H15N3O. The summed E-state index contributed by atoms with van der Waals surface area (Å²) in [5.74, 6) is 0.568. The Bertz CT molecular complexity index is 835. The van der Waals surface area contributed by atoms with Gasteiger partial charge in [-0.15, -0.1) is 0 Å². The van der Waals surface area contributed by atoms with E-state index in [0.717, 1.165) is 16.7 Å². The lowest BCUT2D eigenvalue weighted by molar-refractivity contribution is 1.13. The number of hydrogen-bond donors (Lipinski definition) is 2. The van der Waals surface area contributed by atoms with E-state index in [1.165, 1.54) is 6.07 Å². The Morgan fingerprint density at radius 2 is 1.76 bits per heavy atom. The number of nitrogens with two attached hydrogens (primary N) is 1. The minimum Gasteiger partial charge on any atom is -0.399 e. The Balaban J connectivity index is 2.12. The van der Waals surface area contributed by atoms with Gasteiger partial charge in [-0.1, -0.05) is 35.9 Å². The minimum atomic E-state index is -0.173. The van der Waals surface area contributed by atoms with Crippen molar-refractivity contribution in [2.24, 2.45) is 0 Å². The van der Waals surface area contributed by atoms with Gasteiger partial charge >= 0.3 is 0 Å². The number of rotatable bonds is 2. The van der Waals surface area contributed by atoms with Crippen LogP contribution in [-0.2, 0) is 0 Å². The number of aromatic nitrogens is 2. The molecule has 3 N–H and O–H groups in total. The predicted molar refractivity (Wildman–Crippen MR) is 84.9 cm³/mol. The molecule has 4 heteroatoms. The molecule has 4 nitrogen and oxygen atoms in total. The Morgan fingerprint density at radius 1 is 1.00 bits per heavy atom. The van der Waals surface area contributed by atoms with Crippen LogP contribution in [0.5, 0.6) is 0 Å². The molecule has 0 spiro atoms. The number of hydrogen-bond acceptors (Lipinski definition) is 3. The first-order chi connectivity index (χ1) is 10.1. The Morgan fingerprint density at radius 3 is 2.48 bits per heavy atom. The summed E-state index contributed by atoms with van der Waals surface area (Å²) in [6.07, 6.45) is 0. The van der Waals surface area contributed by atoms with Gasteiger partial charge in [0.15, 0.2) is 0 Å². The summed E-state index contributed by atoms with van der Waals surface area (Å²) in [5.41, 5.74) is 9.70. The molecular weight excluding hydrogens is 262 g/mol. The highest BCUT2D eigenvalue weighted by atomic mass is 16.1. The van der Waals surface area contributed by atoms with E-state index in [-0.39, 0.29) is 5.56 Å². The van der Waals surface area contributed by atoms with Gasteiger partial charge in [-0.25, -0.2) is 4.98 Å². The van der Waals surface area contributed by atoms with Gasteiger partial charge in [0.05, 0.1) is 5.69 Å². The van der Waals surface area contributed by atoms with Crippen LogP contribution in [-0.4, -0.2) is 9.97 Å². The molecule has 3 aromatic rings. The number of nitrogens with one attached hydrogen (secondary N) is 1. The highest BCUT2D eigenvalue weighted by molar-refractivity contribution is 5.65. The fourth-order valence-electron chi connectivity index (χ4n) is 2.19. The van der Waals surface area contributed by atoms with Crippen molar-refractivity contribution in [2.45, 2.75) is 6.92 Å². The van der Waals surface area contributed by atoms with E-state index in [2.05, 4.69) is 9.97 Å². The zero-order chi connectivity index (χ0) is 14.8. The average molecular weight is 277 g/mol. The zero-order valence-electron chi connectivity index (χ0n) is 11.6. The highest BCUT2D eigenvalue weighted by Gasteiger charge is 2.06. The maximum Gasteiger partial charge on any atom is 0.251 e. The van der Waals surface area contributed by atoms with Crippen molar-refractivity contribution < 1.29 is 0 Å². The molecule has 0 saturated heterocycles. The number of nitrogen functional groups attached to an aromatic ring is 1. The molecule has 0 bridgehead atoms. The summed E-state index contributed by atoms with van der Waals surface area (Å²) in [6.45, 7) is 2.01. The van der Waals surface area contributed by atoms with Gasteiger partial charge in [-0.3, -0.25) is 4.79 Å². The number of benzene rings is 2. The van der Waals surface area contributed by atoms with Crippen LogP contribution in [0.2, 0.25) is 0 Å².